The standard InChI is InChI=1S/C18H18F3N5O2.C16H19N5O.CH4/c1-11-5-2-3-6-13(11)17(7-4-8-17)24-16-22-9-12(10-23-16)14(27)25-26-15(28)18(19,20)21;1-11-5-2-3-6-13(11)16(7-4-8-16)20-15-18-9-12(10-19-15)14(22)21-17;/h2-3,5-6,9-10H,4,7-8H2,1H3,(H,25,27)(H,26,28)(H,22,23,24);2-3,5-6,9-10H,4,7-8,17H2,1H3,(H,21,22)(H,18,19,20);1H4. The first kappa shape index (κ1) is 38.2. The summed E-state index contributed by atoms with van der Waals surface area (Å²) >= 11 is 0. The second-order valence-electron chi connectivity index (χ2n) is 12.2. The maximum atomic E-state index is 12.1. The first-order chi connectivity index (χ1) is 23.9. The lowest BCUT2D eigenvalue weighted by Gasteiger charge is -2.44. The first-order valence-corrected chi connectivity index (χ1v) is 15.9. The van der Waals surface area contributed by atoms with Crippen LogP contribution >= 0.6 is 0 Å². The molecule has 2 aromatic heterocycles. The Balaban J connectivity index is 0.000000230. The Morgan fingerprint density at radius 2 is 1.06 bits per heavy atom. The van der Waals surface area contributed by atoms with Gasteiger partial charge in [-0.25, -0.2) is 25.8 Å². The predicted octanol–water partition coefficient (Wildman–Crippen LogP) is 5.12. The highest BCUT2D eigenvalue weighted by Crippen LogP contribution is 2.45. The molecule has 0 aliphatic heterocycles. The number of halogens is 3. The molecule has 0 atom stereocenters. The van der Waals surface area contributed by atoms with Crippen LogP contribution in [0.5, 0.6) is 0 Å². The van der Waals surface area contributed by atoms with E-state index in [1.54, 1.807) is 5.43 Å². The molecule has 16 heteroatoms. The monoisotopic (exact) mass is 706 g/mol. The van der Waals surface area contributed by atoms with Crippen LogP contribution in [0.4, 0.5) is 25.1 Å². The molecule has 2 saturated carbocycles. The minimum atomic E-state index is -5.09. The third-order valence-electron chi connectivity index (χ3n) is 8.94. The molecule has 6 rings (SSSR count). The van der Waals surface area contributed by atoms with Crippen molar-refractivity contribution in [2.24, 2.45) is 5.84 Å². The van der Waals surface area contributed by atoms with Gasteiger partial charge < -0.3 is 10.6 Å². The number of benzene rings is 2. The lowest BCUT2D eigenvalue weighted by atomic mass is 9.70. The van der Waals surface area contributed by atoms with E-state index >= 15 is 0 Å². The maximum absolute atomic E-state index is 12.1. The maximum Gasteiger partial charge on any atom is 0.472 e. The van der Waals surface area contributed by atoms with Gasteiger partial charge in [-0.15, -0.1) is 0 Å². The van der Waals surface area contributed by atoms with Crippen molar-refractivity contribution >= 4 is 29.6 Å². The zero-order valence-electron chi connectivity index (χ0n) is 27.4. The fourth-order valence-electron chi connectivity index (χ4n) is 5.99. The third-order valence-corrected chi connectivity index (χ3v) is 8.94. The number of nitrogens with one attached hydrogen (secondary N) is 5. The summed E-state index contributed by atoms with van der Waals surface area (Å²) in [7, 11) is 0. The first-order valence-electron chi connectivity index (χ1n) is 15.9. The van der Waals surface area contributed by atoms with E-state index in [1.807, 2.05) is 37.3 Å². The number of hydrogen-bond donors (Lipinski definition) is 6. The summed E-state index contributed by atoms with van der Waals surface area (Å²) < 4.78 is 36.4. The van der Waals surface area contributed by atoms with Crippen LogP contribution in [-0.4, -0.2) is 43.8 Å². The molecule has 2 heterocycles. The quantitative estimate of drug-likeness (QED) is 0.0816. The number of anilines is 2. The van der Waals surface area contributed by atoms with Crippen LogP contribution in [0.2, 0.25) is 0 Å². The Kier molecular flexibility index (Phi) is 11.9. The topological polar surface area (TPSA) is 189 Å². The molecule has 51 heavy (non-hydrogen) atoms. The number of nitrogens with zero attached hydrogens (tertiary/aromatic N) is 4. The molecule has 0 spiro atoms. The number of alkyl halides is 3. The average molecular weight is 707 g/mol. The van der Waals surface area contributed by atoms with Crippen molar-refractivity contribution in [3.8, 4) is 0 Å². The number of hydrazine groups is 2. The third kappa shape index (κ3) is 8.75. The molecule has 270 valence electrons. The second-order valence-corrected chi connectivity index (χ2v) is 12.2. The van der Waals surface area contributed by atoms with Crippen molar-refractivity contribution in [2.45, 2.75) is 77.1 Å². The van der Waals surface area contributed by atoms with Crippen LogP contribution in [0.25, 0.3) is 0 Å². The fraction of sp³-hybridized carbons (Fsp3) is 0.343. The van der Waals surface area contributed by atoms with Crippen molar-refractivity contribution in [1.29, 1.82) is 0 Å². The zero-order chi connectivity index (χ0) is 35.9. The summed E-state index contributed by atoms with van der Waals surface area (Å²) in [4.78, 5) is 50.6. The van der Waals surface area contributed by atoms with E-state index in [4.69, 9.17) is 5.84 Å². The zero-order valence-corrected chi connectivity index (χ0v) is 27.4. The Morgan fingerprint density at radius 1 is 0.667 bits per heavy atom. The summed E-state index contributed by atoms with van der Waals surface area (Å²) in [5, 5.41) is 6.76. The van der Waals surface area contributed by atoms with Crippen LogP contribution in [0, 0.1) is 13.8 Å². The van der Waals surface area contributed by atoms with Gasteiger partial charge in [-0.3, -0.25) is 30.7 Å². The van der Waals surface area contributed by atoms with E-state index in [1.165, 1.54) is 47.8 Å². The smallest absolute Gasteiger partial charge is 0.345 e. The van der Waals surface area contributed by atoms with Crippen molar-refractivity contribution in [3.63, 3.8) is 0 Å². The highest BCUT2D eigenvalue weighted by Gasteiger charge is 2.41. The summed E-state index contributed by atoms with van der Waals surface area (Å²) in [5.41, 5.74) is 9.72. The fourth-order valence-corrected chi connectivity index (χ4v) is 5.99. The molecule has 0 saturated heterocycles. The summed E-state index contributed by atoms with van der Waals surface area (Å²) in [5.74, 6) is 2.30. The Morgan fingerprint density at radius 3 is 1.39 bits per heavy atom. The van der Waals surface area contributed by atoms with Gasteiger partial charge in [-0.2, -0.15) is 13.2 Å². The van der Waals surface area contributed by atoms with Gasteiger partial charge in [0.25, 0.3) is 11.8 Å². The van der Waals surface area contributed by atoms with Gasteiger partial charge in [0.05, 0.1) is 22.2 Å². The molecule has 0 radical (unpaired) electrons. The van der Waals surface area contributed by atoms with Gasteiger partial charge in [0.1, 0.15) is 0 Å². The minimum absolute atomic E-state index is 0. The summed E-state index contributed by atoms with van der Waals surface area (Å²) in [6.07, 6.45) is 6.35. The summed E-state index contributed by atoms with van der Waals surface area (Å²) in [6, 6.07) is 16.4. The molecule has 4 aromatic rings. The number of amides is 3. The van der Waals surface area contributed by atoms with Crippen molar-refractivity contribution in [1.82, 2.24) is 36.2 Å². The molecule has 13 nitrogen and oxygen atoms in total. The molecule has 7 N–H and O–H groups in total. The number of nitrogens with two attached hydrogens (primary N) is 1. The highest BCUT2D eigenvalue weighted by molar-refractivity contribution is 5.95. The lowest BCUT2D eigenvalue weighted by Crippen LogP contribution is -2.47. The number of nitrogen functional groups attached to an aromatic ring is 1. The van der Waals surface area contributed by atoms with E-state index in [-0.39, 0.29) is 24.1 Å². The molecule has 0 unspecified atom stereocenters. The number of rotatable bonds is 8. The van der Waals surface area contributed by atoms with Crippen LogP contribution in [0.1, 0.15) is 88.9 Å². The predicted molar refractivity (Wildman–Crippen MR) is 185 cm³/mol. The Labute approximate surface area is 293 Å². The highest BCUT2D eigenvalue weighted by atomic mass is 19.4. The van der Waals surface area contributed by atoms with E-state index in [2.05, 4.69) is 61.1 Å². The van der Waals surface area contributed by atoms with E-state index in [0.717, 1.165) is 43.2 Å². The minimum Gasteiger partial charge on any atom is -0.345 e. The van der Waals surface area contributed by atoms with Crippen LogP contribution in [-0.2, 0) is 15.9 Å². The molecule has 3 amide bonds. The van der Waals surface area contributed by atoms with Crippen LogP contribution in [0.3, 0.4) is 0 Å². The Hall–Kier alpha value is -5.64. The van der Waals surface area contributed by atoms with E-state index in [9.17, 15) is 27.6 Å². The molecular formula is C35H41F3N10O3. The van der Waals surface area contributed by atoms with Crippen LogP contribution in [0.15, 0.2) is 73.3 Å². The number of carbonyl (C=O) groups is 3. The number of aromatic nitrogens is 4. The average Bonchev–Trinajstić information content (AvgIpc) is 3.07. The van der Waals surface area contributed by atoms with Gasteiger partial charge in [-0.05, 0) is 74.6 Å². The van der Waals surface area contributed by atoms with E-state index < -0.39 is 23.9 Å². The normalized spacial score (nSPS) is 15.2. The van der Waals surface area contributed by atoms with E-state index in [0.29, 0.717) is 17.5 Å². The molecule has 2 fully saturated rings. The second kappa shape index (κ2) is 15.9. The van der Waals surface area contributed by atoms with Gasteiger partial charge in [0.2, 0.25) is 11.9 Å². The van der Waals surface area contributed by atoms with Crippen LogP contribution < -0.4 is 32.8 Å². The van der Waals surface area contributed by atoms with Gasteiger partial charge in [0.15, 0.2) is 0 Å². The number of carbonyl (C=O) groups excluding carboxylic acids is 3. The van der Waals surface area contributed by atoms with Gasteiger partial charge in [-0.1, -0.05) is 56.0 Å². The van der Waals surface area contributed by atoms with Gasteiger partial charge in [0, 0.05) is 24.8 Å². The van der Waals surface area contributed by atoms with Crippen molar-refractivity contribution in [3.05, 3.63) is 107 Å². The largest absolute Gasteiger partial charge is 0.472 e. The van der Waals surface area contributed by atoms with Crippen molar-refractivity contribution < 1.29 is 27.6 Å². The molecule has 0 bridgehead atoms. The number of aryl methyl sites for hydroxylation is 2. The molecule has 2 aromatic carbocycles. The molecular weight excluding hydrogens is 665 g/mol. The van der Waals surface area contributed by atoms with Crippen molar-refractivity contribution in [2.75, 3.05) is 10.6 Å². The lowest BCUT2D eigenvalue weighted by molar-refractivity contribution is -0.174. The van der Waals surface area contributed by atoms with Gasteiger partial charge >= 0.3 is 12.1 Å². The molecule has 2 aliphatic carbocycles. The number of hydrogen-bond acceptors (Lipinski definition) is 10. The SMILES string of the molecule is C.Cc1ccccc1C1(Nc2ncc(C(=O)NN)cn2)CCC1.Cc1ccccc1C1(Nc2ncc(C(=O)NNC(=O)C(F)(F)F)cn2)CCC1. The Bertz CT molecular complexity index is 1830. The molecule has 2 aliphatic rings. The summed E-state index contributed by atoms with van der Waals surface area (Å²) in [6.45, 7) is 4.15.